The molecule has 1 unspecified atom stereocenters. The summed E-state index contributed by atoms with van der Waals surface area (Å²) < 4.78 is 0. The van der Waals surface area contributed by atoms with E-state index in [-0.39, 0.29) is 0 Å². The van der Waals surface area contributed by atoms with Crippen LogP contribution in [0.15, 0.2) is 41.1 Å². The number of aliphatic hydroxyl groups is 1. The summed E-state index contributed by atoms with van der Waals surface area (Å²) in [4.78, 5) is 3.89. The predicted molar refractivity (Wildman–Crippen MR) is 41.8 cm³/mol. The molecular weight excluding hydrogens is 140 g/mol. The van der Waals surface area contributed by atoms with E-state index >= 15 is 0 Å². The lowest BCUT2D eigenvalue weighted by Gasteiger charge is -2.21. The van der Waals surface area contributed by atoms with Crippen LogP contribution in [-0.4, -0.2) is 16.5 Å². The Morgan fingerprint density at radius 3 is 3.09 bits per heavy atom. The Hall–Kier alpha value is -1.19. The van der Waals surface area contributed by atoms with E-state index in [9.17, 15) is 5.11 Å². The minimum atomic E-state index is -1.63. The molecule has 2 aliphatic rings. The van der Waals surface area contributed by atoms with Gasteiger partial charge in [0.25, 0.3) is 0 Å². The van der Waals surface area contributed by atoms with Crippen LogP contribution >= 0.6 is 0 Å². The van der Waals surface area contributed by atoms with Crippen LogP contribution in [0.3, 0.4) is 0 Å². The van der Waals surface area contributed by atoms with Crippen LogP contribution in [-0.2, 0) is 0 Å². The molecule has 0 aromatic carbocycles. The molecule has 2 N–H and O–H groups in total. The van der Waals surface area contributed by atoms with Crippen LogP contribution in [0.2, 0.25) is 0 Å². The second-order valence-corrected chi connectivity index (χ2v) is 2.54. The molecule has 0 fully saturated rings. The number of hydrogen-bond donors (Lipinski definition) is 1. The van der Waals surface area contributed by atoms with Gasteiger partial charge in [-0.25, -0.2) is 5.73 Å². The Labute approximate surface area is 64.2 Å². The van der Waals surface area contributed by atoms with Gasteiger partial charge in [0.1, 0.15) is 0 Å². The molecule has 0 aromatic heterocycles. The molecule has 3 heteroatoms. The average molecular weight is 147 g/mol. The summed E-state index contributed by atoms with van der Waals surface area (Å²) in [6.07, 6.45) is 8.26. The monoisotopic (exact) mass is 147 g/mol. The molecule has 1 heterocycles. The molecule has 55 valence electrons. The van der Waals surface area contributed by atoms with Crippen LogP contribution in [0, 0.1) is 0 Å². The summed E-state index contributed by atoms with van der Waals surface area (Å²) >= 11 is 0. The molecule has 3 nitrogen and oxygen atoms in total. The Bertz CT molecular complexity index is 308. The van der Waals surface area contributed by atoms with Crippen molar-refractivity contribution in [3.05, 3.63) is 36.1 Å². The van der Waals surface area contributed by atoms with Crippen LogP contribution in [0.1, 0.15) is 0 Å². The molecule has 1 aliphatic carbocycles. The predicted octanol–water partition coefficient (Wildman–Crippen LogP) is 0.422. The fourth-order valence-corrected chi connectivity index (χ4v) is 1.17. The van der Waals surface area contributed by atoms with Crippen LogP contribution in [0.4, 0.5) is 0 Å². The van der Waals surface area contributed by atoms with Crippen LogP contribution < -0.4 is 5.73 Å². The SMILES string of the molecule is [NH]C1(O)C=CC=C2C=CN=C21. The molecule has 0 spiro atoms. The van der Waals surface area contributed by atoms with E-state index in [0.29, 0.717) is 5.71 Å². The quantitative estimate of drug-likeness (QED) is 0.530. The lowest BCUT2D eigenvalue weighted by atomic mass is 9.96. The normalized spacial score (nSPS) is 33.3. The molecule has 1 atom stereocenters. The standard InChI is InChI=1S/C8H7N2O/c9-8(11)4-1-2-6-3-5-10-7(6)8/h1-5,9,11H. The zero-order valence-electron chi connectivity index (χ0n) is 5.78. The van der Waals surface area contributed by atoms with E-state index in [0.717, 1.165) is 5.57 Å². The van der Waals surface area contributed by atoms with Crippen molar-refractivity contribution >= 4 is 5.71 Å². The highest BCUT2D eigenvalue weighted by Gasteiger charge is 2.31. The number of allylic oxidation sites excluding steroid dienone is 3. The Morgan fingerprint density at radius 2 is 2.36 bits per heavy atom. The van der Waals surface area contributed by atoms with Gasteiger partial charge < -0.3 is 5.11 Å². The molecule has 1 aliphatic heterocycles. The van der Waals surface area contributed by atoms with E-state index in [1.165, 1.54) is 6.08 Å². The van der Waals surface area contributed by atoms with Crippen molar-refractivity contribution in [1.29, 1.82) is 0 Å². The fraction of sp³-hybridized carbons (Fsp3) is 0.125. The Kier molecular flexibility index (Phi) is 1.13. The summed E-state index contributed by atoms with van der Waals surface area (Å²) in [5.74, 6) is 0. The Morgan fingerprint density at radius 1 is 1.55 bits per heavy atom. The van der Waals surface area contributed by atoms with Crippen molar-refractivity contribution in [3.8, 4) is 0 Å². The van der Waals surface area contributed by atoms with Gasteiger partial charge in [-0.3, -0.25) is 4.99 Å². The van der Waals surface area contributed by atoms with E-state index in [1.54, 1.807) is 18.4 Å². The van der Waals surface area contributed by atoms with Gasteiger partial charge in [0.15, 0.2) is 5.72 Å². The van der Waals surface area contributed by atoms with Crippen molar-refractivity contribution in [3.63, 3.8) is 0 Å². The maximum Gasteiger partial charge on any atom is 0.192 e. The van der Waals surface area contributed by atoms with Crippen LogP contribution in [0.25, 0.3) is 0 Å². The zero-order chi connectivity index (χ0) is 7.90. The highest BCUT2D eigenvalue weighted by Crippen LogP contribution is 2.22. The largest absolute Gasteiger partial charge is 0.366 e. The van der Waals surface area contributed by atoms with E-state index in [4.69, 9.17) is 5.73 Å². The first-order valence-corrected chi connectivity index (χ1v) is 3.32. The minimum Gasteiger partial charge on any atom is -0.366 e. The van der Waals surface area contributed by atoms with Gasteiger partial charge in [0.05, 0.1) is 5.71 Å². The first-order chi connectivity index (χ1) is 5.20. The van der Waals surface area contributed by atoms with E-state index in [2.05, 4.69) is 4.99 Å². The van der Waals surface area contributed by atoms with Gasteiger partial charge in [0, 0.05) is 11.8 Å². The van der Waals surface area contributed by atoms with Crippen LogP contribution in [0.5, 0.6) is 0 Å². The third-order valence-corrected chi connectivity index (χ3v) is 1.71. The molecule has 0 saturated carbocycles. The number of hydrogen-bond acceptors (Lipinski definition) is 2. The lowest BCUT2D eigenvalue weighted by molar-refractivity contribution is 0.163. The highest BCUT2D eigenvalue weighted by atomic mass is 16.3. The molecule has 0 saturated heterocycles. The van der Waals surface area contributed by atoms with Gasteiger partial charge in [-0.1, -0.05) is 12.2 Å². The summed E-state index contributed by atoms with van der Waals surface area (Å²) in [6.45, 7) is 0. The van der Waals surface area contributed by atoms with Crippen molar-refractivity contribution in [2.75, 3.05) is 0 Å². The maximum absolute atomic E-state index is 9.41. The number of nitrogens with zero attached hydrogens (tertiary/aromatic N) is 1. The Balaban J connectivity index is 2.51. The van der Waals surface area contributed by atoms with Gasteiger partial charge in [-0.15, -0.1) is 0 Å². The molecule has 0 aromatic rings. The molecule has 2 rings (SSSR count). The van der Waals surface area contributed by atoms with E-state index in [1.807, 2.05) is 6.08 Å². The van der Waals surface area contributed by atoms with Gasteiger partial charge in [0.2, 0.25) is 0 Å². The molecular formula is C8H7N2O. The van der Waals surface area contributed by atoms with Crippen molar-refractivity contribution in [1.82, 2.24) is 5.73 Å². The first kappa shape index (κ1) is 6.52. The van der Waals surface area contributed by atoms with Crippen molar-refractivity contribution in [2.45, 2.75) is 5.72 Å². The van der Waals surface area contributed by atoms with Gasteiger partial charge in [-0.2, -0.15) is 0 Å². The second kappa shape index (κ2) is 1.90. The zero-order valence-corrected chi connectivity index (χ0v) is 5.78. The second-order valence-electron chi connectivity index (χ2n) is 2.54. The number of nitrogens with one attached hydrogen (secondary N) is 1. The van der Waals surface area contributed by atoms with Gasteiger partial charge >= 0.3 is 0 Å². The summed E-state index contributed by atoms with van der Waals surface area (Å²) in [5.41, 5.74) is 7.02. The van der Waals surface area contributed by atoms with Crippen molar-refractivity contribution < 1.29 is 5.11 Å². The van der Waals surface area contributed by atoms with E-state index < -0.39 is 5.72 Å². The smallest absolute Gasteiger partial charge is 0.192 e. The maximum atomic E-state index is 9.41. The molecule has 11 heavy (non-hydrogen) atoms. The summed E-state index contributed by atoms with van der Waals surface area (Å²) in [6, 6.07) is 0. The summed E-state index contributed by atoms with van der Waals surface area (Å²) in [5, 5.41) is 9.41. The molecule has 1 radical (unpaired) electrons. The highest BCUT2D eigenvalue weighted by molar-refractivity contribution is 6.11. The fourth-order valence-electron chi connectivity index (χ4n) is 1.17. The first-order valence-electron chi connectivity index (χ1n) is 3.32. The summed E-state index contributed by atoms with van der Waals surface area (Å²) in [7, 11) is 0. The third kappa shape index (κ3) is 0.859. The van der Waals surface area contributed by atoms with Gasteiger partial charge in [-0.05, 0) is 12.2 Å². The number of fused-ring (bicyclic) bond motifs is 1. The minimum absolute atomic E-state index is 0.417. The lowest BCUT2D eigenvalue weighted by Crippen LogP contribution is -2.39. The molecule has 0 bridgehead atoms. The third-order valence-electron chi connectivity index (χ3n) is 1.71. The molecule has 0 amide bonds. The van der Waals surface area contributed by atoms with Crippen molar-refractivity contribution in [2.24, 2.45) is 4.99 Å². The topological polar surface area (TPSA) is 56.4 Å². The number of aliphatic imine (C=N–C) groups is 1. The number of rotatable bonds is 0. The average Bonchev–Trinajstić information content (AvgIpc) is 2.34.